The standard InChI is InChI=1S/C19H17N3OS/c23-18(22-15-9-8-13-4-3-5-14(13)10-15)11-24-19-16-6-1-2-7-17(16)20-12-21-19/h1-2,6-10,12H,3-5,11H2,(H,22,23). The summed E-state index contributed by atoms with van der Waals surface area (Å²) in [5.74, 6) is 0.318. The number of carbonyl (C=O) groups is 1. The Morgan fingerprint density at radius 1 is 1.08 bits per heavy atom. The molecular formula is C19H17N3OS. The van der Waals surface area contributed by atoms with Gasteiger partial charge in [-0.2, -0.15) is 0 Å². The van der Waals surface area contributed by atoms with E-state index in [-0.39, 0.29) is 5.91 Å². The van der Waals surface area contributed by atoms with Crippen LogP contribution in [0.25, 0.3) is 10.9 Å². The number of carbonyl (C=O) groups excluding carboxylic acids is 1. The van der Waals surface area contributed by atoms with E-state index in [1.165, 1.54) is 29.3 Å². The van der Waals surface area contributed by atoms with Gasteiger partial charge in [0.25, 0.3) is 0 Å². The van der Waals surface area contributed by atoms with E-state index in [9.17, 15) is 4.79 Å². The van der Waals surface area contributed by atoms with E-state index in [2.05, 4.69) is 27.4 Å². The van der Waals surface area contributed by atoms with Crippen molar-refractivity contribution in [1.29, 1.82) is 0 Å². The predicted octanol–water partition coefficient (Wildman–Crippen LogP) is 3.85. The molecule has 0 fully saturated rings. The zero-order valence-corrected chi connectivity index (χ0v) is 14.0. The summed E-state index contributed by atoms with van der Waals surface area (Å²) in [4.78, 5) is 20.8. The summed E-state index contributed by atoms with van der Waals surface area (Å²) in [6, 6.07) is 14.1. The van der Waals surface area contributed by atoms with Crippen molar-refractivity contribution in [2.45, 2.75) is 24.3 Å². The summed E-state index contributed by atoms with van der Waals surface area (Å²) in [6.07, 6.45) is 5.02. The number of nitrogens with one attached hydrogen (secondary N) is 1. The van der Waals surface area contributed by atoms with Gasteiger partial charge in [-0.25, -0.2) is 9.97 Å². The fourth-order valence-corrected chi connectivity index (χ4v) is 3.87. The van der Waals surface area contributed by atoms with Crippen LogP contribution < -0.4 is 5.32 Å². The van der Waals surface area contributed by atoms with Gasteiger partial charge < -0.3 is 5.32 Å². The van der Waals surface area contributed by atoms with Gasteiger partial charge in [-0.05, 0) is 48.6 Å². The summed E-state index contributed by atoms with van der Waals surface area (Å²) >= 11 is 1.44. The van der Waals surface area contributed by atoms with Crippen LogP contribution in [0, 0.1) is 0 Å². The molecule has 1 amide bonds. The fourth-order valence-electron chi connectivity index (χ4n) is 3.08. The van der Waals surface area contributed by atoms with Crippen LogP contribution >= 0.6 is 11.8 Å². The van der Waals surface area contributed by atoms with Gasteiger partial charge in [-0.3, -0.25) is 4.79 Å². The van der Waals surface area contributed by atoms with Crippen LogP contribution in [-0.4, -0.2) is 21.6 Å². The molecule has 1 N–H and O–H groups in total. The van der Waals surface area contributed by atoms with E-state index in [1.807, 2.05) is 30.3 Å². The third-order valence-electron chi connectivity index (χ3n) is 4.23. The molecule has 0 saturated heterocycles. The number of thioether (sulfide) groups is 1. The van der Waals surface area contributed by atoms with Crippen molar-refractivity contribution in [1.82, 2.24) is 9.97 Å². The van der Waals surface area contributed by atoms with Gasteiger partial charge in [0.1, 0.15) is 11.4 Å². The summed E-state index contributed by atoms with van der Waals surface area (Å²) in [6.45, 7) is 0. The summed E-state index contributed by atoms with van der Waals surface area (Å²) in [5, 5.41) is 4.81. The third kappa shape index (κ3) is 3.12. The maximum Gasteiger partial charge on any atom is 0.234 e. The van der Waals surface area contributed by atoms with Gasteiger partial charge in [-0.15, -0.1) is 0 Å². The molecule has 0 unspecified atom stereocenters. The Morgan fingerprint density at radius 2 is 1.96 bits per heavy atom. The van der Waals surface area contributed by atoms with E-state index in [0.29, 0.717) is 5.75 Å². The highest BCUT2D eigenvalue weighted by molar-refractivity contribution is 8.00. The van der Waals surface area contributed by atoms with Crippen LogP contribution in [0.2, 0.25) is 0 Å². The molecule has 3 aromatic rings. The molecule has 2 aromatic carbocycles. The van der Waals surface area contributed by atoms with Gasteiger partial charge in [0.05, 0.1) is 11.3 Å². The number of aromatic nitrogens is 2. The highest BCUT2D eigenvalue weighted by Crippen LogP contribution is 2.26. The molecule has 0 aliphatic heterocycles. The highest BCUT2D eigenvalue weighted by Gasteiger charge is 2.12. The smallest absolute Gasteiger partial charge is 0.234 e. The molecule has 0 saturated carbocycles. The maximum atomic E-state index is 12.2. The third-order valence-corrected chi connectivity index (χ3v) is 5.23. The Balaban J connectivity index is 1.43. The fraction of sp³-hybridized carbons (Fsp3) is 0.211. The molecule has 1 aromatic heterocycles. The molecule has 4 rings (SSSR count). The van der Waals surface area contributed by atoms with E-state index < -0.39 is 0 Å². The first kappa shape index (κ1) is 15.1. The normalized spacial score (nSPS) is 13.0. The zero-order valence-electron chi connectivity index (χ0n) is 13.2. The first-order valence-corrected chi connectivity index (χ1v) is 9.02. The monoisotopic (exact) mass is 335 g/mol. The molecule has 1 aliphatic carbocycles. The lowest BCUT2D eigenvalue weighted by Gasteiger charge is -2.08. The average molecular weight is 335 g/mol. The molecule has 0 radical (unpaired) electrons. The minimum absolute atomic E-state index is 0.0133. The maximum absolute atomic E-state index is 12.2. The Hall–Kier alpha value is -2.40. The number of aryl methyl sites for hydroxylation is 2. The Morgan fingerprint density at radius 3 is 2.92 bits per heavy atom. The van der Waals surface area contributed by atoms with Crippen LogP contribution in [0.3, 0.4) is 0 Å². The lowest BCUT2D eigenvalue weighted by atomic mass is 10.1. The van der Waals surface area contributed by atoms with Gasteiger partial charge in [0.2, 0.25) is 5.91 Å². The zero-order chi connectivity index (χ0) is 16.4. The molecule has 0 spiro atoms. The first-order valence-electron chi connectivity index (χ1n) is 8.04. The predicted molar refractivity (Wildman–Crippen MR) is 97.4 cm³/mol. The number of benzene rings is 2. The number of anilines is 1. The minimum atomic E-state index is -0.0133. The van der Waals surface area contributed by atoms with Gasteiger partial charge in [0.15, 0.2) is 0 Å². The molecule has 5 heteroatoms. The van der Waals surface area contributed by atoms with Crippen LogP contribution in [0.5, 0.6) is 0 Å². The van der Waals surface area contributed by atoms with Crippen molar-refractivity contribution in [3.8, 4) is 0 Å². The number of rotatable bonds is 4. The van der Waals surface area contributed by atoms with Crippen LogP contribution in [0.4, 0.5) is 5.69 Å². The molecule has 1 heterocycles. The number of fused-ring (bicyclic) bond motifs is 2. The highest BCUT2D eigenvalue weighted by atomic mass is 32.2. The Labute approximate surface area is 144 Å². The van der Waals surface area contributed by atoms with Crippen LogP contribution in [-0.2, 0) is 17.6 Å². The molecule has 0 atom stereocenters. The van der Waals surface area contributed by atoms with Crippen molar-refractivity contribution in [2.24, 2.45) is 0 Å². The number of para-hydroxylation sites is 1. The molecule has 1 aliphatic rings. The quantitative estimate of drug-likeness (QED) is 0.581. The molecule has 120 valence electrons. The van der Waals surface area contributed by atoms with Crippen molar-refractivity contribution < 1.29 is 4.79 Å². The van der Waals surface area contributed by atoms with Crippen molar-refractivity contribution >= 4 is 34.3 Å². The van der Waals surface area contributed by atoms with Crippen LogP contribution in [0.1, 0.15) is 17.5 Å². The summed E-state index contributed by atoms with van der Waals surface area (Å²) in [5.41, 5.74) is 4.56. The SMILES string of the molecule is O=C(CSc1ncnc2ccccc12)Nc1ccc2c(c1)CCC2. The van der Waals surface area contributed by atoms with Crippen molar-refractivity contribution in [3.63, 3.8) is 0 Å². The average Bonchev–Trinajstić information content (AvgIpc) is 3.07. The van der Waals surface area contributed by atoms with E-state index in [0.717, 1.165) is 34.5 Å². The largest absolute Gasteiger partial charge is 0.325 e. The van der Waals surface area contributed by atoms with Gasteiger partial charge in [0, 0.05) is 11.1 Å². The number of hydrogen-bond acceptors (Lipinski definition) is 4. The second kappa shape index (κ2) is 6.61. The number of amides is 1. The summed E-state index contributed by atoms with van der Waals surface area (Å²) < 4.78 is 0. The second-order valence-electron chi connectivity index (χ2n) is 5.87. The van der Waals surface area contributed by atoms with Crippen molar-refractivity contribution in [3.05, 3.63) is 59.9 Å². The van der Waals surface area contributed by atoms with Gasteiger partial charge >= 0.3 is 0 Å². The molecule has 0 bridgehead atoms. The first-order chi connectivity index (χ1) is 11.8. The lowest BCUT2D eigenvalue weighted by molar-refractivity contribution is -0.113. The number of hydrogen-bond donors (Lipinski definition) is 1. The van der Waals surface area contributed by atoms with E-state index in [1.54, 1.807) is 6.33 Å². The lowest BCUT2D eigenvalue weighted by Crippen LogP contribution is -2.14. The molecular weight excluding hydrogens is 318 g/mol. The topological polar surface area (TPSA) is 54.9 Å². The van der Waals surface area contributed by atoms with Gasteiger partial charge in [-0.1, -0.05) is 36.0 Å². The molecule has 24 heavy (non-hydrogen) atoms. The minimum Gasteiger partial charge on any atom is -0.325 e. The summed E-state index contributed by atoms with van der Waals surface area (Å²) in [7, 11) is 0. The Kier molecular flexibility index (Phi) is 4.17. The second-order valence-corrected chi connectivity index (χ2v) is 6.83. The van der Waals surface area contributed by atoms with Crippen LogP contribution in [0.15, 0.2) is 53.8 Å². The van der Waals surface area contributed by atoms with Crippen molar-refractivity contribution in [2.75, 3.05) is 11.1 Å². The molecule has 4 nitrogen and oxygen atoms in total. The Bertz CT molecular complexity index is 905. The van der Waals surface area contributed by atoms with E-state index in [4.69, 9.17) is 0 Å². The number of nitrogens with zero attached hydrogens (tertiary/aromatic N) is 2. The van der Waals surface area contributed by atoms with E-state index >= 15 is 0 Å².